The van der Waals surface area contributed by atoms with Crippen molar-refractivity contribution in [1.82, 2.24) is 9.97 Å². The third kappa shape index (κ3) is 9.81. The fraction of sp³-hybridized carbons (Fsp3) is 0.519. The summed E-state index contributed by atoms with van der Waals surface area (Å²) in [6.45, 7) is 9.94. The van der Waals surface area contributed by atoms with E-state index in [-0.39, 0.29) is 0 Å². The van der Waals surface area contributed by atoms with E-state index in [2.05, 4.69) is 29.0 Å². The molecule has 1 aromatic heterocycles. The van der Waals surface area contributed by atoms with Crippen molar-refractivity contribution in [2.75, 3.05) is 26.9 Å². The predicted molar refractivity (Wildman–Crippen MR) is 136 cm³/mol. The van der Waals surface area contributed by atoms with Gasteiger partial charge in [-0.15, -0.1) is 0 Å². The Morgan fingerprint density at radius 1 is 0.853 bits per heavy atom. The first-order valence-corrected chi connectivity index (χ1v) is 12.1. The van der Waals surface area contributed by atoms with E-state index in [1.807, 2.05) is 31.2 Å². The molecule has 0 spiro atoms. The van der Waals surface area contributed by atoms with Crippen molar-refractivity contribution in [1.29, 1.82) is 0 Å². The number of aromatic nitrogens is 2. The second-order valence-electron chi connectivity index (χ2n) is 8.19. The van der Waals surface area contributed by atoms with E-state index in [0.29, 0.717) is 30.5 Å². The van der Waals surface area contributed by atoms with Crippen LogP contribution in [0.5, 0.6) is 17.2 Å². The Balaban J connectivity index is 1.54. The summed E-state index contributed by atoms with van der Waals surface area (Å²) in [4.78, 5) is 13.2. The first kappa shape index (κ1) is 27.2. The summed E-state index contributed by atoms with van der Waals surface area (Å²) in [5.74, 6) is 3.08. The van der Waals surface area contributed by atoms with Crippen LogP contribution in [0.2, 0.25) is 0 Å². The molecule has 0 aliphatic rings. The summed E-state index contributed by atoms with van der Waals surface area (Å²) in [5.41, 5.74) is 2.87. The molecule has 0 unspecified atom stereocenters. The third-order valence-corrected chi connectivity index (χ3v) is 5.25. The molecule has 0 fully saturated rings. The maximum Gasteiger partial charge on any atom is 0.177 e. The molecule has 1 heterocycles. The van der Waals surface area contributed by atoms with E-state index in [1.165, 1.54) is 26.4 Å². The average molecular weight is 470 g/mol. The van der Waals surface area contributed by atoms with Crippen LogP contribution in [0.3, 0.4) is 0 Å². The van der Waals surface area contributed by atoms with Crippen LogP contribution in [0.15, 0.2) is 41.8 Å². The SMILES string of the molecule is C/C=C/COc1cc(C)c(OCCCCCCCCOc2cnc(/C(C)=N/OC)nc2)c(C)c1. The third-order valence-electron chi connectivity index (χ3n) is 5.25. The van der Waals surface area contributed by atoms with Crippen molar-refractivity contribution in [2.45, 2.75) is 66.2 Å². The zero-order valence-electron chi connectivity index (χ0n) is 21.3. The minimum absolute atomic E-state index is 0.537. The van der Waals surface area contributed by atoms with Gasteiger partial charge in [-0.3, -0.25) is 0 Å². The number of oxime groups is 1. The number of nitrogens with zero attached hydrogens (tertiary/aromatic N) is 3. The Labute approximate surface area is 204 Å². The normalized spacial score (nSPS) is 11.6. The maximum absolute atomic E-state index is 6.06. The Hall–Kier alpha value is -3.09. The second kappa shape index (κ2) is 15.7. The van der Waals surface area contributed by atoms with E-state index in [9.17, 15) is 0 Å². The molecule has 0 aliphatic heterocycles. The lowest BCUT2D eigenvalue weighted by atomic mass is 10.1. The standard InChI is InChI=1S/C27H39N3O4/c1-6-7-14-32-24-17-21(2)26(22(3)18-24)34-16-13-11-9-8-10-12-15-33-25-19-28-27(29-20-25)23(4)30-31-5/h6-7,17-20H,8-16H2,1-5H3/b7-6+,30-23+. The van der Waals surface area contributed by atoms with Crippen molar-refractivity contribution >= 4 is 5.71 Å². The summed E-state index contributed by atoms with van der Waals surface area (Å²) in [6, 6.07) is 4.09. The highest BCUT2D eigenvalue weighted by molar-refractivity contribution is 5.94. The van der Waals surface area contributed by atoms with Crippen LogP contribution in [0.1, 0.15) is 69.3 Å². The van der Waals surface area contributed by atoms with E-state index in [1.54, 1.807) is 19.3 Å². The van der Waals surface area contributed by atoms with E-state index in [4.69, 9.17) is 19.0 Å². The molecule has 2 rings (SSSR count). The van der Waals surface area contributed by atoms with Gasteiger partial charge >= 0.3 is 0 Å². The average Bonchev–Trinajstić information content (AvgIpc) is 2.82. The lowest BCUT2D eigenvalue weighted by Crippen LogP contribution is -2.04. The van der Waals surface area contributed by atoms with E-state index in [0.717, 1.165) is 48.5 Å². The maximum atomic E-state index is 6.06. The lowest BCUT2D eigenvalue weighted by molar-refractivity contribution is 0.213. The van der Waals surface area contributed by atoms with Crippen LogP contribution in [-0.2, 0) is 4.84 Å². The van der Waals surface area contributed by atoms with Gasteiger partial charge in [0.15, 0.2) is 11.6 Å². The molecule has 2 aromatic rings. The largest absolute Gasteiger partial charge is 0.493 e. The fourth-order valence-corrected chi connectivity index (χ4v) is 3.49. The van der Waals surface area contributed by atoms with Crippen LogP contribution in [0.25, 0.3) is 0 Å². The molecular weight excluding hydrogens is 430 g/mol. The van der Waals surface area contributed by atoms with Gasteiger partial charge in [0.2, 0.25) is 0 Å². The molecule has 0 aliphatic carbocycles. The summed E-state index contributed by atoms with van der Waals surface area (Å²) in [7, 11) is 1.50. The molecule has 0 radical (unpaired) electrons. The van der Waals surface area contributed by atoms with Gasteiger partial charge in [-0.25, -0.2) is 9.97 Å². The molecule has 7 heteroatoms. The van der Waals surface area contributed by atoms with Gasteiger partial charge in [0.25, 0.3) is 0 Å². The molecular formula is C27H39N3O4. The highest BCUT2D eigenvalue weighted by Crippen LogP contribution is 2.28. The quantitative estimate of drug-likeness (QED) is 0.126. The van der Waals surface area contributed by atoms with Gasteiger partial charge < -0.3 is 19.0 Å². The van der Waals surface area contributed by atoms with Crippen molar-refractivity contribution < 1.29 is 19.0 Å². The molecule has 0 bridgehead atoms. The number of hydrogen-bond acceptors (Lipinski definition) is 7. The minimum Gasteiger partial charge on any atom is -0.493 e. The van der Waals surface area contributed by atoms with E-state index >= 15 is 0 Å². The molecule has 186 valence electrons. The topological polar surface area (TPSA) is 75.1 Å². The molecule has 0 amide bonds. The smallest absolute Gasteiger partial charge is 0.177 e. The molecule has 0 saturated heterocycles. The zero-order valence-corrected chi connectivity index (χ0v) is 21.3. The lowest BCUT2D eigenvalue weighted by Gasteiger charge is -2.14. The van der Waals surface area contributed by atoms with Gasteiger partial charge in [0, 0.05) is 0 Å². The number of rotatable bonds is 16. The number of benzene rings is 1. The summed E-state index contributed by atoms with van der Waals surface area (Å²) in [5, 5.41) is 3.82. The second-order valence-corrected chi connectivity index (χ2v) is 8.19. The molecule has 34 heavy (non-hydrogen) atoms. The molecule has 0 N–H and O–H groups in total. The van der Waals surface area contributed by atoms with Crippen LogP contribution in [-0.4, -0.2) is 42.6 Å². The Kier molecular flexibility index (Phi) is 12.5. The van der Waals surface area contributed by atoms with Gasteiger partial charge in [0.1, 0.15) is 30.9 Å². The number of unbranched alkanes of at least 4 members (excludes halogenated alkanes) is 5. The highest BCUT2D eigenvalue weighted by Gasteiger charge is 2.07. The predicted octanol–water partition coefficient (Wildman–Crippen LogP) is 6.22. The van der Waals surface area contributed by atoms with Crippen LogP contribution in [0.4, 0.5) is 0 Å². The first-order valence-electron chi connectivity index (χ1n) is 12.1. The minimum atomic E-state index is 0.537. The van der Waals surface area contributed by atoms with Gasteiger partial charge in [-0.2, -0.15) is 0 Å². The molecule has 0 saturated carbocycles. The summed E-state index contributed by atoms with van der Waals surface area (Å²) < 4.78 is 17.5. The highest BCUT2D eigenvalue weighted by atomic mass is 16.6. The first-order chi connectivity index (χ1) is 16.5. The number of hydrogen-bond donors (Lipinski definition) is 0. The van der Waals surface area contributed by atoms with Crippen molar-refractivity contribution in [3.8, 4) is 17.2 Å². The Morgan fingerprint density at radius 3 is 2.03 bits per heavy atom. The van der Waals surface area contributed by atoms with Gasteiger partial charge in [-0.05, 0) is 63.8 Å². The number of allylic oxidation sites excluding steroid dienone is 1. The van der Waals surface area contributed by atoms with Crippen LogP contribution in [0, 0.1) is 13.8 Å². The van der Waals surface area contributed by atoms with Crippen molar-refractivity contribution in [3.05, 3.63) is 53.6 Å². The number of aryl methyl sites for hydroxylation is 2. The Bertz CT molecular complexity index is 888. The summed E-state index contributed by atoms with van der Waals surface area (Å²) in [6.07, 6.45) is 14.1. The zero-order chi connectivity index (χ0) is 24.6. The monoisotopic (exact) mass is 469 g/mol. The van der Waals surface area contributed by atoms with Crippen LogP contribution >= 0.6 is 0 Å². The number of ether oxygens (including phenoxy) is 3. The van der Waals surface area contributed by atoms with Gasteiger partial charge in [-0.1, -0.05) is 43.0 Å². The fourth-order valence-electron chi connectivity index (χ4n) is 3.49. The Morgan fingerprint density at radius 2 is 1.44 bits per heavy atom. The summed E-state index contributed by atoms with van der Waals surface area (Å²) >= 11 is 0. The molecule has 1 aromatic carbocycles. The van der Waals surface area contributed by atoms with Crippen molar-refractivity contribution in [2.24, 2.45) is 5.16 Å². The van der Waals surface area contributed by atoms with Crippen LogP contribution < -0.4 is 14.2 Å². The van der Waals surface area contributed by atoms with Gasteiger partial charge in [0.05, 0.1) is 25.6 Å². The molecule has 7 nitrogen and oxygen atoms in total. The van der Waals surface area contributed by atoms with Crippen molar-refractivity contribution in [3.63, 3.8) is 0 Å². The molecule has 0 atom stereocenters. The van der Waals surface area contributed by atoms with E-state index < -0.39 is 0 Å².